The van der Waals surface area contributed by atoms with Crippen LogP contribution in [0.25, 0.3) is 0 Å². The van der Waals surface area contributed by atoms with E-state index in [1.807, 2.05) is 6.07 Å². The van der Waals surface area contributed by atoms with Crippen LogP contribution < -0.4 is 5.32 Å². The predicted molar refractivity (Wildman–Crippen MR) is 87.0 cm³/mol. The molecule has 1 fully saturated rings. The first kappa shape index (κ1) is 18.4. The molecule has 6 heteroatoms. The Balaban J connectivity index is 1.83. The van der Waals surface area contributed by atoms with E-state index in [1.54, 1.807) is 13.0 Å². The maximum absolute atomic E-state index is 13.1. The summed E-state index contributed by atoms with van der Waals surface area (Å²) in [6, 6.07) is 6.33. The molecule has 1 aliphatic rings. The summed E-state index contributed by atoms with van der Waals surface area (Å²) in [6.45, 7) is 2.72. The van der Waals surface area contributed by atoms with Gasteiger partial charge in [0.15, 0.2) is 0 Å². The Morgan fingerprint density at radius 3 is 2.71 bits per heavy atom. The van der Waals surface area contributed by atoms with Gasteiger partial charge < -0.3 is 15.2 Å². The zero-order valence-corrected chi connectivity index (χ0v) is 13.9. The molecule has 1 unspecified atom stereocenters. The molecule has 0 spiro atoms. The fourth-order valence-corrected chi connectivity index (χ4v) is 2.87. The van der Waals surface area contributed by atoms with E-state index in [9.17, 15) is 19.1 Å². The van der Waals surface area contributed by atoms with Crippen LogP contribution in [0.3, 0.4) is 0 Å². The fourth-order valence-electron chi connectivity index (χ4n) is 2.87. The highest BCUT2D eigenvalue weighted by Crippen LogP contribution is 2.30. The third kappa shape index (κ3) is 4.77. The second-order valence-electron chi connectivity index (χ2n) is 6.49. The average molecular weight is 337 g/mol. The number of aryl methyl sites for hydroxylation is 1. The van der Waals surface area contributed by atoms with Crippen molar-refractivity contribution in [2.45, 2.75) is 32.6 Å². The van der Waals surface area contributed by atoms with Crippen molar-refractivity contribution in [3.05, 3.63) is 35.6 Å². The Bertz CT molecular complexity index is 584. The summed E-state index contributed by atoms with van der Waals surface area (Å²) in [5, 5.41) is 12.2. The average Bonchev–Trinajstić information content (AvgIpc) is 2.58. The molecule has 5 nitrogen and oxygen atoms in total. The van der Waals surface area contributed by atoms with Crippen molar-refractivity contribution < 1.29 is 23.8 Å². The van der Waals surface area contributed by atoms with Crippen molar-refractivity contribution in [1.82, 2.24) is 5.32 Å². The van der Waals surface area contributed by atoms with Crippen LogP contribution in [0.4, 0.5) is 4.39 Å². The van der Waals surface area contributed by atoms with E-state index < -0.39 is 11.4 Å². The second kappa shape index (κ2) is 8.24. The first-order valence-corrected chi connectivity index (χ1v) is 8.26. The molecule has 0 saturated carbocycles. The Labute approximate surface area is 141 Å². The Morgan fingerprint density at radius 2 is 2.08 bits per heavy atom. The minimum atomic E-state index is -0.934. The number of rotatable bonds is 7. The van der Waals surface area contributed by atoms with Gasteiger partial charge >= 0.3 is 5.97 Å². The first-order valence-electron chi connectivity index (χ1n) is 8.26. The molecule has 1 aromatic rings. The van der Waals surface area contributed by atoms with Crippen molar-refractivity contribution in [2.24, 2.45) is 11.3 Å². The van der Waals surface area contributed by atoms with Crippen molar-refractivity contribution in [1.29, 1.82) is 0 Å². The summed E-state index contributed by atoms with van der Waals surface area (Å²) in [5.74, 6) is -1.61. The maximum Gasteiger partial charge on any atom is 0.311 e. The number of hydrogen-bond acceptors (Lipinski definition) is 3. The monoisotopic (exact) mass is 337 g/mol. The molecule has 1 heterocycles. The van der Waals surface area contributed by atoms with E-state index in [0.29, 0.717) is 38.9 Å². The number of benzene rings is 1. The van der Waals surface area contributed by atoms with Crippen LogP contribution in [-0.4, -0.2) is 36.7 Å². The van der Waals surface area contributed by atoms with Crippen molar-refractivity contribution in [3.8, 4) is 0 Å². The zero-order valence-electron chi connectivity index (χ0n) is 13.9. The minimum Gasteiger partial charge on any atom is -0.481 e. The molecule has 0 aliphatic carbocycles. The molecule has 1 amide bonds. The summed E-state index contributed by atoms with van der Waals surface area (Å²) in [7, 11) is 0. The smallest absolute Gasteiger partial charge is 0.311 e. The fraction of sp³-hybridized carbons (Fsp3) is 0.556. The number of halogens is 1. The lowest BCUT2D eigenvalue weighted by Gasteiger charge is -2.33. The third-order valence-electron chi connectivity index (χ3n) is 4.71. The van der Waals surface area contributed by atoms with Crippen LogP contribution in [-0.2, 0) is 20.7 Å². The number of carbonyl (C=O) groups excluding carboxylic acids is 1. The number of ether oxygens (including phenoxy) is 1. The molecule has 0 bridgehead atoms. The summed E-state index contributed by atoms with van der Waals surface area (Å²) in [5.41, 5.74) is -0.0861. The van der Waals surface area contributed by atoms with E-state index in [-0.39, 0.29) is 24.2 Å². The molecule has 1 aromatic carbocycles. The maximum atomic E-state index is 13.1. The summed E-state index contributed by atoms with van der Waals surface area (Å²) in [4.78, 5) is 23.8. The van der Waals surface area contributed by atoms with Gasteiger partial charge in [0.2, 0.25) is 5.91 Å². The topological polar surface area (TPSA) is 75.6 Å². The highest BCUT2D eigenvalue weighted by Gasteiger charge is 2.40. The van der Waals surface area contributed by atoms with Crippen molar-refractivity contribution in [3.63, 3.8) is 0 Å². The SMILES string of the molecule is CC(CCc1cccc(F)c1)C(=O)NCC1(C(=O)O)CCOCC1. The van der Waals surface area contributed by atoms with Crippen LogP contribution in [0.2, 0.25) is 0 Å². The zero-order chi connectivity index (χ0) is 17.6. The predicted octanol–water partition coefficient (Wildman–Crippen LogP) is 2.39. The molecule has 1 aliphatic heterocycles. The van der Waals surface area contributed by atoms with Crippen molar-refractivity contribution >= 4 is 11.9 Å². The van der Waals surface area contributed by atoms with Gasteiger partial charge in [0.1, 0.15) is 5.82 Å². The summed E-state index contributed by atoms with van der Waals surface area (Å²) in [6.07, 6.45) is 1.99. The largest absolute Gasteiger partial charge is 0.481 e. The molecule has 2 rings (SSSR count). The van der Waals surface area contributed by atoms with Gasteiger partial charge in [-0.15, -0.1) is 0 Å². The number of nitrogens with one attached hydrogen (secondary N) is 1. The highest BCUT2D eigenvalue weighted by molar-refractivity contribution is 5.80. The van der Waals surface area contributed by atoms with Gasteiger partial charge in [0.25, 0.3) is 0 Å². The van der Waals surface area contributed by atoms with Gasteiger partial charge in [0, 0.05) is 25.7 Å². The second-order valence-corrected chi connectivity index (χ2v) is 6.49. The third-order valence-corrected chi connectivity index (χ3v) is 4.71. The molecule has 2 N–H and O–H groups in total. The van der Waals surface area contributed by atoms with Crippen LogP contribution in [0, 0.1) is 17.2 Å². The van der Waals surface area contributed by atoms with Crippen molar-refractivity contribution in [2.75, 3.05) is 19.8 Å². The minimum absolute atomic E-state index is 0.120. The van der Waals surface area contributed by atoms with Gasteiger partial charge in [-0.1, -0.05) is 19.1 Å². The number of aliphatic carboxylic acids is 1. The van der Waals surface area contributed by atoms with E-state index >= 15 is 0 Å². The standard InChI is InChI=1S/C18H24FNO4/c1-13(5-6-14-3-2-4-15(19)11-14)16(21)20-12-18(17(22)23)7-9-24-10-8-18/h2-4,11,13H,5-10,12H2,1H3,(H,20,21)(H,22,23). The molecule has 0 aromatic heterocycles. The van der Waals surface area contributed by atoms with Gasteiger partial charge in [0.05, 0.1) is 5.41 Å². The number of carboxylic acid groups (broad SMARTS) is 1. The van der Waals surface area contributed by atoms with Crippen LogP contribution in [0.5, 0.6) is 0 Å². The highest BCUT2D eigenvalue weighted by atomic mass is 19.1. The number of carboxylic acids is 1. The van der Waals surface area contributed by atoms with E-state index in [1.165, 1.54) is 12.1 Å². The lowest BCUT2D eigenvalue weighted by molar-refractivity contribution is -0.154. The molecular weight excluding hydrogens is 313 g/mol. The quantitative estimate of drug-likeness (QED) is 0.801. The molecule has 0 radical (unpaired) electrons. The van der Waals surface area contributed by atoms with Gasteiger partial charge in [-0.2, -0.15) is 0 Å². The Morgan fingerprint density at radius 1 is 1.38 bits per heavy atom. The molecule has 24 heavy (non-hydrogen) atoms. The number of hydrogen-bond donors (Lipinski definition) is 2. The van der Waals surface area contributed by atoms with Gasteiger partial charge in [-0.25, -0.2) is 4.39 Å². The van der Waals surface area contributed by atoms with Gasteiger partial charge in [-0.3, -0.25) is 9.59 Å². The lowest BCUT2D eigenvalue weighted by atomic mass is 9.80. The number of carbonyl (C=O) groups is 2. The molecule has 132 valence electrons. The summed E-state index contributed by atoms with van der Waals surface area (Å²) >= 11 is 0. The molecular formula is C18H24FNO4. The van der Waals surface area contributed by atoms with E-state index in [4.69, 9.17) is 4.74 Å². The van der Waals surface area contributed by atoms with E-state index in [0.717, 1.165) is 5.56 Å². The van der Waals surface area contributed by atoms with Gasteiger partial charge in [-0.05, 0) is 43.4 Å². The molecule has 1 saturated heterocycles. The normalized spacial score (nSPS) is 17.9. The number of amides is 1. The van der Waals surface area contributed by atoms with Crippen LogP contribution in [0.1, 0.15) is 31.7 Å². The van der Waals surface area contributed by atoms with Crippen LogP contribution >= 0.6 is 0 Å². The summed E-state index contributed by atoms with van der Waals surface area (Å²) < 4.78 is 18.4. The Kier molecular flexibility index (Phi) is 6.31. The molecule has 1 atom stereocenters. The lowest BCUT2D eigenvalue weighted by Crippen LogP contribution is -2.47. The van der Waals surface area contributed by atoms with E-state index in [2.05, 4.69) is 5.32 Å². The Hall–Kier alpha value is -1.95. The van der Waals surface area contributed by atoms with Crippen LogP contribution in [0.15, 0.2) is 24.3 Å². The first-order chi connectivity index (χ1) is 11.4.